The maximum atomic E-state index is 12.8. The van der Waals surface area contributed by atoms with Crippen molar-refractivity contribution in [1.82, 2.24) is 10.2 Å². The summed E-state index contributed by atoms with van der Waals surface area (Å²) in [5.41, 5.74) is 3.59. The van der Waals surface area contributed by atoms with Crippen LogP contribution in [0, 0.1) is 0 Å². The number of hydrogen-bond acceptors (Lipinski definition) is 4. The second-order valence-electron chi connectivity index (χ2n) is 3.55. The van der Waals surface area contributed by atoms with Gasteiger partial charge in [-0.05, 0) is 12.1 Å². The average Bonchev–Trinajstić information content (AvgIpc) is 2.66. The van der Waals surface area contributed by atoms with Crippen LogP contribution in [0.1, 0.15) is 5.56 Å². The molecule has 1 aromatic heterocycles. The summed E-state index contributed by atoms with van der Waals surface area (Å²) in [5.74, 6) is -1.70. The Morgan fingerprint density at radius 3 is 2.39 bits per heavy atom. The van der Waals surface area contributed by atoms with Crippen LogP contribution in [0.3, 0.4) is 0 Å². The number of phenols is 2. The van der Waals surface area contributed by atoms with Gasteiger partial charge in [0.25, 0.3) is 0 Å². The molecule has 1 heterocycles. The van der Waals surface area contributed by atoms with Gasteiger partial charge in [-0.15, -0.1) is 0 Å². The Bertz CT molecular complexity index is 593. The first kappa shape index (κ1) is 12.1. The standard InChI is InChI=1S/C10H8F3N3O2/c11-10(12,13)5-1-2-6(17)8(18)7(5)4-3-15-16-9(4)14/h1-3,17-18H,(H3,14,15,16). The van der Waals surface area contributed by atoms with Gasteiger partial charge < -0.3 is 15.9 Å². The Kier molecular flexibility index (Phi) is 2.57. The van der Waals surface area contributed by atoms with Crippen molar-refractivity contribution in [3.63, 3.8) is 0 Å². The quantitative estimate of drug-likeness (QED) is 0.590. The van der Waals surface area contributed by atoms with Crippen molar-refractivity contribution in [2.75, 3.05) is 5.73 Å². The molecule has 8 heteroatoms. The Balaban J connectivity index is 2.79. The maximum absolute atomic E-state index is 12.8. The molecule has 0 saturated carbocycles. The van der Waals surface area contributed by atoms with Gasteiger partial charge in [0, 0.05) is 11.1 Å². The molecule has 0 fully saturated rings. The number of alkyl halides is 3. The molecule has 5 nitrogen and oxygen atoms in total. The van der Waals surface area contributed by atoms with E-state index in [0.29, 0.717) is 6.07 Å². The number of nitrogens with two attached hydrogens (primary N) is 1. The number of aromatic amines is 1. The van der Waals surface area contributed by atoms with E-state index in [2.05, 4.69) is 10.2 Å². The fourth-order valence-electron chi connectivity index (χ4n) is 1.58. The summed E-state index contributed by atoms with van der Waals surface area (Å²) >= 11 is 0. The Hall–Kier alpha value is -2.38. The van der Waals surface area contributed by atoms with Gasteiger partial charge in [0.1, 0.15) is 5.82 Å². The zero-order valence-electron chi connectivity index (χ0n) is 8.78. The minimum Gasteiger partial charge on any atom is -0.504 e. The highest BCUT2D eigenvalue weighted by atomic mass is 19.4. The maximum Gasteiger partial charge on any atom is 0.417 e. The molecule has 5 N–H and O–H groups in total. The minimum atomic E-state index is -4.69. The minimum absolute atomic E-state index is 0.129. The average molecular weight is 259 g/mol. The van der Waals surface area contributed by atoms with Crippen LogP contribution in [0.4, 0.5) is 19.0 Å². The molecule has 1 aromatic carbocycles. The third-order valence-corrected chi connectivity index (χ3v) is 2.40. The van der Waals surface area contributed by atoms with Crippen molar-refractivity contribution in [2.45, 2.75) is 6.18 Å². The molecule has 0 bridgehead atoms. The molecule has 0 unspecified atom stereocenters. The summed E-state index contributed by atoms with van der Waals surface area (Å²) in [6.45, 7) is 0. The van der Waals surface area contributed by atoms with Crippen LogP contribution in [0.5, 0.6) is 11.5 Å². The number of phenolic OH excluding ortho intramolecular Hbond substituents is 2. The van der Waals surface area contributed by atoms with E-state index in [-0.39, 0.29) is 11.4 Å². The molecular formula is C10H8F3N3O2. The molecule has 18 heavy (non-hydrogen) atoms. The predicted octanol–water partition coefficient (Wildman–Crippen LogP) is 2.09. The number of H-pyrrole nitrogens is 1. The van der Waals surface area contributed by atoms with Crippen molar-refractivity contribution < 1.29 is 23.4 Å². The molecular weight excluding hydrogens is 251 g/mol. The number of nitrogens with zero attached hydrogens (tertiary/aromatic N) is 1. The van der Waals surface area contributed by atoms with Gasteiger partial charge in [0.15, 0.2) is 11.5 Å². The van der Waals surface area contributed by atoms with Gasteiger partial charge in [-0.2, -0.15) is 18.3 Å². The van der Waals surface area contributed by atoms with Crippen molar-refractivity contribution in [3.05, 3.63) is 23.9 Å². The summed E-state index contributed by atoms with van der Waals surface area (Å²) in [6, 6.07) is 1.43. The van der Waals surface area contributed by atoms with Crippen LogP contribution in [-0.2, 0) is 6.18 Å². The number of halogens is 3. The highest BCUT2D eigenvalue weighted by Crippen LogP contribution is 2.46. The van der Waals surface area contributed by atoms with E-state index >= 15 is 0 Å². The molecule has 0 saturated heterocycles. The van der Waals surface area contributed by atoms with Crippen LogP contribution in [0.25, 0.3) is 11.1 Å². The lowest BCUT2D eigenvalue weighted by molar-refractivity contribution is -0.137. The van der Waals surface area contributed by atoms with E-state index in [1.807, 2.05) is 0 Å². The molecule has 2 rings (SSSR count). The summed E-state index contributed by atoms with van der Waals surface area (Å²) in [6.07, 6.45) is -3.65. The fourth-order valence-corrected chi connectivity index (χ4v) is 1.58. The van der Waals surface area contributed by atoms with E-state index in [4.69, 9.17) is 5.73 Å². The van der Waals surface area contributed by atoms with Crippen LogP contribution in [0.15, 0.2) is 18.3 Å². The number of hydrogen-bond donors (Lipinski definition) is 4. The number of aromatic nitrogens is 2. The first-order valence-electron chi connectivity index (χ1n) is 4.73. The summed E-state index contributed by atoms with van der Waals surface area (Å²) in [5, 5.41) is 24.6. The molecule has 0 radical (unpaired) electrons. The zero-order valence-corrected chi connectivity index (χ0v) is 8.78. The first-order valence-corrected chi connectivity index (χ1v) is 4.73. The number of benzene rings is 1. The van der Waals surface area contributed by atoms with Gasteiger partial charge in [-0.25, -0.2) is 0 Å². The molecule has 96 valence electrons. The lowest BCUT2D eigenvalue weighted by atomic mass is 9.99. The van der Waals surface area contributed by atoms with Crippen LogP contribution >= 0.6 is 0 Å². The Morgan fingerprint density at radius 1 is 1.22 bits per heavy atom. The predicted molar refractivity (Wildman–Crippen MR) is 56.8 cm³/mol. The molecule has 0 atom stereocenters. The van der Waals surface area contributed by atoms with Crippen molar-refractivity contribution in [1.29, 1.82) is 0 Å². The number of nitrogen functional groups attached to an aromatic ring is 1. The van der Waals surface area contributed by atoms with Gasteiger partial charge in [-0.3, -0.25) is 5.10 Å². The number of nitrogens with one attached hydrogen (secondary N) is 1. The lowest BCUT2D eigenvalue weighted by Crippen LogP contribution is -2.07. The number of rotatable bonds is 1. The number of anilines is 1. The zero-order chi connectivity index (χ0) is 13.5. The Morgan fingerprint density at radius 2 is 1.89 bits per heavy atom. The highest BCUT2D eigenvalue weighted by molar-refractivity contribution is 5.82. The van der Waals surface area contributed by atoms with Crippen LogP contribution < -0.4 is 5.73 Å². The molecule has 0 spiro atoms. The molecule has 0 aliphatic rings. The third-order valence-electron chi connectivity index (χ3n) is 2.40. The number of aromatic hydroxyl groups is 2. The van der Waals surface area contributed by atoms with Crippen LogP contribution in [-0.4, -0.2) is 20.4 Å². The Labute approximate surface area is 98.7 Å². The normalized spacial score (nSPS) is 11.7. The van der Waals surface area contributed by atoms with Crippen molar-refractivity contribution in [3.8, 4) is 22.6 Å². The fraction of sp³-hybridized carbons (Fsp3) is 0.100. The van der Waals surface area contributed by atoms with E-state index < -0.39 is 28.8 Å². The van der Waals surface area contributed by atoms with E-state index in [0.717, 1.165) is 12.3 Å². The summed E-state index contributed by atoms with van der Waals surface area (Å²) in [4.78, 5) is 0. The summed E-state index contributed by atoms with van der Waals surface area (Å²) < 4.78 is 38.5. The van der Waals surface area contributed by atoms with E-state index in [1.54, 1.807) is 0 Å². The van der Waals surface area contributed by atoms with Gasteiger partial charge in [0.05, 0.1) is 11.8 Å². The molecule has 0 aliphatic carbocycles. The van der Waals surface area contributed by atoms with E-state index in [1.165, 1.54) is 0 Å². The van der Waals surface area contributed by atoms with Gasteiger partial charge >= 0.3 is 6.18 Å². The third kappa shape index (κ3) is 1.81. The largest absolute Gasteiger partial charge is 0.504 e. The van der Waals surface area contributed by atoms with Crippen LogP contribution in [0.2, 0.25) is 0 Å². The topological polar surface area (TPSA) is 95.2 Å². The van der Waals surface area contributed by atoms with Gasteiger partial charge in [-0.1, -0.05) is 0 Å². The lowest BCUT2D eigenvalue weighted by Gasteiger charge is -2.14. The highest BCUT2D eigenvalue weighted by Gasteiger charge is 2.36. The van der Waals surface area contributed by atoms with Crippen molar-refractivity contribution in [2.24, 2.45) is 0 Å². The second-order valence-corrected chi connectivity index (χ2v) is 3.55. The van der Waals surface area contributed by atoms with E-state index in [9.17, 15) is 23.4 Å². The molecule has 2 aromatic rings. The molecule has 0 amide bonds. The van der Waals surface area contributed by atoms with Gasteiger partial charge in [0.2, 0.25) is 0 Å². The summed E-state index contributed by atoms with van der Waals surface area (Å²) in [7, 11) is 0. The SMILES string of the molecule is Nc1[nH]ncc1-c1c(C(F)(F)F)ccc(O)c1O. The molecule has 0 aliphatic heterocycles. The monoisotopic (exact) mass is 259 g/mol. The smallest absolute Gasteiger partial charge is 0.417 e. The van der Waals surface area contributed by atoms with Crippen molar-refractivity contribution >= 4 is 5.82 Å². The first-order chi connectivity index (χ1) is 8.32. The second kappa shape index (κ2) is 3.83.